The molecule has 5 nitrogen and oxygen atoms in total. The molecule has 0 saturated carbocycles. The molecular weight excluding hydrogens is 244 g/mol. The topological polar surface area (TPSA) is 64.6 Å². The largest absolute Gasteiger partial charge is 0.385 e. The molecular formula is C11H21F2N3O2. The van der Waals surface area contributed by atoms with E-state index in [1.807, 2.05) is 4.90 Å². The smallest absolute Gasteiger partial charge is 0.265 e. The van der Waals surface area contributed by atoms with Crippen LogP contribution in [0.25, 0.3) is 0 Å². The van der Waals surface area contributed by atoms with Crippen molar-refractivity contribution in [3.8, 4) is 0 Å². The summed E-state index contributed by atoms with van der Waals surface area (Å²) in [6.45, 7) is 6.15. The number of hydrogen-bond donors (Lipinski definition) is 3. The summed E-state index contributed by atoms with van der Waals surface area (Å²) in [5.41, 5.74) is -0.760. The molecule has 0 aromatic carbocycles. The predicted molar refractivity (Wildman–Crippen MR) is 63.5 cm³/mol. The van der Waals surface area contributed by atoms with Crippen molar-refractivity contribution in [2.75, 3.05) is 32.7 Å². The third-order valence-corrected chi connectivity index (χ3v) is 3.23. The lowest BCUT2D eigenvalue weighted by atomic mass is 10.0. The minimum Gasteiger partial charge on any atom is -0.385 e. The maximum absolute atomic E-state index is 12.1. The highest BCUT2D eigenvalue weighted by Crippen LogP contribution is 2.15. The molecule has 0 aromatic heterocycles. The molecule has 0 aliphatic carbocycles. The molecule has 1 heterocycles. The van der Waals surface area contributed by atoms with Crippen LogP contribution in [0, 0.1) is 0 Å². The molecule has 1 amide bonds. The Morgan fingerprint density at radius 1 is 1.44 bits per heavy atom. The van der Waals surface area contributed by atoms with Crippen LogP contribution in [0.4, 0.5) is 8.78 Å². The molecule has 1 fully saturated rings. The standard InChI is InChI=1S/C11H21F2N3O2/c1-11(2,16-5-3-14-4-6-16)10(18)15-7-8(17)9(12)13/h8-9,14,17H,3-7H2,1-2H3,(H,15,18). The number of nitrogens with one attached hydrogen (secondary N) is 2. The number of piperazine rings is 1. The van der Waals surface area contributed by atoms with Crippen LogP contribution in [-0.2, 0) is 4.79 Å². The molecule has 0 spiro atoms. The summed E-state index contributed by atoms with van der Waals surface area (Å²) in [5, 5.41) is 14.5. The molecule has 0 aromatic rings. The Labute approximate surface area is 106 Å². The van der Waals surface area contributed by atoms with Crippen molar-refractivity contribution in [1.29, 1.82) is 0 Å². The molecule has 1 atom stereocenters. The zero-order valence-electron chi connectivity index (χ0n) is 10.7. The summed E-state index contributed by atoms with van der Waals surface area (Å²) < 4.78 is 24.2. The monoisotopic (exact) mass is 265 g/mol. The zero-order valence-corrected chi connectivity index (χ0v) is 10.7. The number of hydrogen-bond acceptors (Lipinski definition) is 4. The number of amides is 1. The number of aliphatic hydroxyl groups excluding tert-OH is 1. The first kappa shape index (κ1) is 15.3. The second-order valence-electron chi connectivity index (χ2n) is 4.91. The number of carbonyl (C=O) groups excluding carboxylic acids is 1. The van der Waals surface area contributed by atoms with Crippen LogP contribution in [0.3, 0.4) is 0 Å². The summed E-state index contributed by atoms with van der Waals surface area (Å²) in [7, 11) is 0. The normalized spacial score (nSPS) is 19.9. The molecule has 1 aliphatic heterocycles. The Hall–Kier alpha value is -0.790. The second kappa shape index (κ2) is 6.40. The highest BCUT2D eigenvalue weighted by molar-refractivity contribution is 5.85. The van der Waals surface area contributed by atoms with Gasteiger partial charge in [0.2, 0.25) is 5.91 Å². The number of alkyl halides is 2. The van der Waals surface area contributed by atoms with Crippen molar-refractivity contribution in [2.24, 2.45) is 0 Å². The quantitative estimate of drug-likeness (QED) is 0.622. The first-order chi connectivity index (χ1) is 8.35. The van der Waals surface area contributed by atoms with Gasteiger partial charge >= 0.3 is 0 Å². The summed E-state index contributed by atoms with van der Waals surface area (Å²) in [4.78, 5) is 14.0. The molecule has 18 heavy (non-hydrogen) atoms. The van der Waals surface area contributed by atoms with E-state index in [2.05, 4.69) is 10.6 Å². The lowest BCUT2D eigenvalue weighted by Crippen LogP contribution is -2.60. The van der Waals surface area contributed by atoms with E-state index >= 15 is 0 Å². The van der Waals surface area contributed by atoms with Crippen LogP contribution < -0.4 is 10.6 Å². The lowest BCUT2D eigenvalue weighted by molar-refractivity contribution is -0.133. The fourth-order valence-electron chi connectivity index (χ4n) is 1.87. The Kier molecular flexibility index (Phi) is 5.43. The van der Waals surface area contributed by atoms with Gasteiger partial charge in [-0.15, -0.1) is 0 Å². The highest BCUT2D eigenvalue weighted by Gasteiger charge is 2.35. The number of aliphatic hydroxyl groups is 1. The maximum Gasteiger partial charge on any atom is 0.265 e. The summed E-state index contributed by atoms with van der Waals surface area (Å²) >= 11 is 0. The third-order valence-electron chi connectivity index (χ3n) is 3.23. The first-order valence-electron chi connectivity index (χ1n) is 6.06. The van der Waals surface area contributed by atoms with Gasteiger partial charge in [0.25, 0.3) is 6.43 Å². The van der Waals surface area contributed by atoms with E-state index in [-0.39, 0.29) is 5.91 Å². The van der Waals surface area contributed by atoms with Gasteiger partial charge in [-0.05, 0) is 13.8 Å². The Morgan fingerprint density at radius 3 is 2.50 bits per heavy atom. The number of carbonyl (C=O) groups is 1. The predicted octanol–water partition coefficient (Wildman–Crippen LogP) is -0.588. The van der Waals surface area contributed by atoms with Crippen molar-refractivity contribution >= 4 is 5.91 Å². The van der Waals surface area contributed by atoms with E-state index in [9.17, 15) is 13.6 Å². The van der Waals surface area contributed by atoms with Gasteiger partial charge < -0.3 is 15.7 Å². The van der Waals surface area contributed by atoms with E-state index in [1.54, 1.807) is 13.8 Å². The van der Waals surface area contributed by atoms with Crippen LogP contribution in [-0.4, -0.2) is 66.7 Å². The minimum absolute atomic E-state index is 0.343. The minimum atomic E-state index is -2.84. The number of halogens is 2. The maximum atomic E-state index is 12.1. The second-order valence-corrected chi connectivity index (χ2v) is 4.91. The Balaban J connectivity index is 2.48. The molecule has 1 unspecified atom stereocenters. The van der Waals surface area contributed by atoms with Gasteiger partial charge in [0, 0.05) is 32.7 Å². The van der Waals surface area contributed by atoms with Gasteiger partial charge in [-0.3, -0.25) is 9.69 Å². The van der Waals surface area contributed by atoms with Gasteiger partial charge in [0.1, 0.15) is 6.10 Å². The molecule has 1 aliphatic rings. The number of rotatable bonds is 5. The fraction of sp³-hybridized carbons (Fsp3) is 0.909. The molecule has 7 heteroatoms. The number of nitrogens with zero attached hydrogens (tertiary/aromatic N) is 1. The van der Waals surface area contributed by atoms with E-state index in [4.69, 9.17) is 5.11 Å². The van der Waals surface area contributed by atoms with E-state index in [0.29, 0.717) is 0 Å². The highest BCUT2D eigenvalue weighted by atomic mass is 19.3. The van der Waals surface area contributed by atoms with Crippen molar-refractivity contribution in [3.05, 3.63) is 0 Å². The zero-order chi connectivity index (χ0) is 13.8. The molecule has 0 bridgehead atoms. The van der Waals surface area contributed by atoms with E-state index < -0.39 is 24.6 Å². The third kappa shape index (κ3) is 3.86. The Bertz CT molecular complexity index is 281. The Morgan fingerprint density at radius 2 is 2.00 bits per heavy atom. The van der Waals surface area contributed by atoms with Crippen molar-refractivity contribution in [3.63, 3.8) is 0 Å². The SMILES string of the molecule is CC(C)(C(=O)NCC(O)C(F)F)N1CCNCC1. The van der Waals surface area contributed by atoms with Gasteiger partial charge in [0.05, 0.1) is 5.54 Å². The van der Waals surface area contributed by atoms with Crippen LogP contribution in [0.5, 0.6) is 0 Å². The van der Waals surface area contributed by atoms with Crippen molar-refractivity contribution < 1.29 is 18.7 Å². The van der Waals surface area contributed by atoms with Crippen molar-refractivity contribution in [1.82, 2.24) is 15.5 Å². The van der Waals surface area contributed by atoms with E-state index in [1.165, 1.54) is 0 Å². The summed E-state index contributed by atoms with van der Waals surface area (Å²) in [6.07, 6.45) is -4.65. The molecule has 106 valence electrons. The first-order valence-corrected chi connectivity index (χ1v) is 6.06. The van der Waals surface area contributed by atoms with Gasteiger partial charge in [-0.1, -0.05) is 0 Å². The summed E-state index contributed by atoms with van der Waals surface area (Å²) in [6, 6.07) is 0. The van der Waals surface area contributed by atoms with Crippen LogP contribution in [0.2, 0.25) is 0 Å². The van der Waals surface area contributed by atoms with Gasteiger partial charge in [-0.25, -0.2) is 8.78 Å². The average Bonchev–Trinajstić information content (AvgIpc) is 2.36. The molecule has 0 radical (unpaired) electrons. The summed E-state index contributed by atoms with van der Waals surface area (Å²) in [5.74, 6) is -0.343. The fourth-order valence-corrected chi connectivity index (χ4v) is 1.87. The van der Waals surface area contributed by atoms with Crippen LogP contribution in [0.1, 0.15) is 13.8 Å². The molecule has 1 saturated heterocycles. The lowest BCUT2D eigenvalue weighted by Gasteiger charge is -2.39. The van der Waals surface area contributed by atoms with Crippen LogP contribution >= 0.6 is 0 Å². The molecule has 1 rings (SSSR count). The van der Waals surface area contributed by atoms with Gasteiger partial charge in [0.15, 0.2) is 0 Å². The van der Waals surface area contributed by atoms with E-state index in [0.717, 1.165) is 26.2 Å². The van der Waals surface area contributed by atoms with Crippen molar-refractivity contribution in [2.45, 2.75) is 31.9 Å². The average molecular weight is 265 g/mol. The van der Waals surface area contributed by atoms with Gasteiger partial charge in [-0.2, -0.15) is 0 Å². The van der Waals surface area contributed by atoms with Crippen LogP contribution in [0.15, 0.2) is 0 Å². The molecule has 3 N–H and O–H groups in total.